The fourth-order valence-electron chi connectivity index (χ4n) is 2.25. The molecule has 0 saturated heterocycles. The molecule has 1 aliphatic carbocycles. The van der Waals surface area contributed by atoms with E-state index in [9.17, 15) is 9.59 Å². The van der Waals surface area contributed by atoms with Gasteiger partial charge in [-0.3, -0.25) is 9.59 Å². The molecule has 0 spiro atoms. The van der Waals surface area contributed by atoms with Gasteiger partial charge in [-0.25, -0.2) is 0 Å². The Hall–Kier alpha value is -1.10. The predicted octanol–water partition coefficient (Wildman–Crippen LogP) is 0.483. The Morgan fingerprint density at radius 3 is 2.69 bits per heavy atom. The van der Waals surface area contributed by atoms with Crippen molar-refractivity contribution in [3.05, 3.63) is 0 Å². The summed E-state index contributed by atoms with van der Waals surface area (Å²) in [7, 11) is 0. The van der Waals surface area contributed by atoms with Crippen molar-refractivity contribution in [3.8, 4) is 0 Å². The molecule has 4 N–H and O–H groups in total. The van der Waals surface area contributed by atoms with E-state index in [1.807, 2.05) is 6.92 Å². The first-order valence-electron chi connectivity index (χ1n) is 5.82. The minimum atomic E-state index is -0.737. The van der Waals surface area contributed by atoms with Crippen LogP contribution >= 0.6 is 0 Å². The van der Waals surface area contributed by atoms with Gasteiger partial charge in [0.2, 0.25) is 5.91 Å². The summed E-state index contributed by atoms with van der Waals surface area (Å²) in [4.78, 5) is 21.9. The van der Waals surface area contributed by atoms with E-state index in [2.05, 4.69) is 5.32 Å². The van der Waals surface area contributed by atoms with E-state index in [4.69, 9.17) is 10.8 Å². The van der Waals surface area contributed by atoms with Gasteiger partial charge in [0.05, 0.1) is 12.0 Å². The summed E-state index contributed by atoms with van der Waals surface area (Å²) in [6.45, 7) is 1.89. The third kappa shape index (κ3) is 3.48. The van der Waals surface area contributed by atoms with Crippen LogP contribution in [0.3, 0.4) is 0 Å². The van der Waals surface area contributed by atoms with Gasteiger partial charge in [0.15, 0.2) is 0 Å². The van der Waals surface area contributed by atoms with Crippen molar-refractivity contribution in [1.29, 1.82) is 0 Å². The van der Waals surface area contributed by atoms with E-state index < -0.39 is 5.97 Å². The average molecular weight is 228 g/mol. The summed E-state index contributed by atoms with van der Waals surface area (Å²) in [5, 5.41) is 12.1. The van der Waals surface area contributed by atoms with Gasteiger partial charge in [-0.2, -0.15) is 0 Å². The zero-order valence-corrected chi connectivity index (χ0v) is 9.61. The zero-order chi connectivity index (χ0) is 12.1. The SMILES string of the molecule is CCC(NC1CCCC(C(=O)O)C1)C(N)=O. The molecule has 0 radical (unpaired) electrons. The summed E-state index contributed by atoms with van der Waals surface area (Å²) in [6, 6.07) is -0.232. The zero-order valence-electron chi connectivity index (χ0n) is 9.61. The van der Waals surface area contributed by atoms with Crippen LogP contribution in [0.4, 0.5) is 0 Å². The normalized spacial score (nSPS) is 27.3. The Morgan fingerprint density at radius 1 is 1.50 bits per heavy atom. The standard InChI is InChI=1S/C11H20N2O3/c1-2-9(10(12)14)13-8-5-3-4-7(6-8)11(15)16/h7-9,13H,2-6H2,1H3,(H2,12,14)(H,15,16). The lowest BCUT2D eigenvalue weighted by atomic mass is 9.85. The van der Waals surface area contributed by atoms with E-state index in [0.29, 0.717) is 12.8 Å². The first-order chi connectivity index (χ1) is 7.54. The van der Waals surface area contributed by atoms with Gasteiger partial charge in [0.25, 0.3) is 0 Å². The molecule has 1 aliphatic rings. The minimum Gasteiger partial charge on any atom is -0.481 e. The number of nitrogens with two attached hydrogens (primary N) is 1. The second-order valence-electron chi connectivity index (χ2n) is 4.43. The highest BCUT2D eigenvalue weighted by molar-refractivity contribution is 5.79. The Balaban J connectivity index is 2.47. The average Bonchev–Trinajstić information content (AvgIpc) is 2.25. The Labute approximate surface area is 95.4 Å². The Bertz CT molecular complexity index is 268. The fraction of sp³-hybridized carbons (Fsp3) is 0.818. The van der Waals surface area contributed by atoms with Crippen LogP contribution in [0.25, 0.3) is 0 Å². The highest BCUT2D eigenvalue weighted by atomic mass is 16.4. The molecule has 92 valence electrons. The Morgan fingerprint density at radius 2 is 2.19 bits per heavy atom. The molecule has 1 saturated carbocycles. The van der Waals surface area contributed by atoms with Gasteiger partial charge in [-0.05, 0) is 25.7 Å². The molecule has 5 heteroatoms. The number of amides is 1. The quantitative estimate of drug-likeness (QED) is 0.638. The number of nitrogens with one attached hydrogen (secondary N) is 1. The fourth-order valence-corrected chi connectivity index (χ4v) is 2.25. The van der Waals surface area contributed by atoms with E-state index >= 15 is 0 Å². The Kier molecular flexibility index (Phi) is 4.73. The number of carboxylic acid groups (broad SMARTS) is 1. The molecule has 0 aromatic heterocycles. The summed E-state index contributed by atoms with van der Waals surface area (Å²) in [5.41, 5.74) is 5.24. The third-order valence-electron chi connectivity index (χ3n) is 3.21. The molecular formula is C11H20N2O3. The van der Waals surface area contributed by atoms with Gasteiger partial charge in [-0.1, -0.05) is 13.3 Å². The van der Waals surface area contributed by atoms with Crippen LogP contribution < -0.4 is 11.1 Å². The topological polar surface area (TPSA) is 92.4 Å². The van der Waals surface area contributed by atoms with Crippen molar-refractivity contribution < 1.29 is 14.7 Å². The number of rotatable bonds is 5. The number of carboxylic acids is 1. The largest absolute Gasteiger partial charge is 0.481 e. The van der Waals surface area contributed by atoms with Crippen molar-refractivity contribution in [3.63, 3.8) is 0 Å². The maximum Gasteiger partial charge on any atom is 0.306 e. The first kappa shape index (κ1) is 13.0. The molecule has 0 aromatic rings. The minimum absolute atomic E-state index is 0.104. The summed E-state index contributed by atoms with van der Waals surface area (Å²) in [5.74, 6) is -1.38. The van der Waals surface area contributed by atoms with Crippen LogP contribution in [0.15, 0.2) is 0 Å². The second-order valence-corrected chi connectivity index (χ2v) is 4.43. The first-order valence-corrected chi connectivity index (χ1v) is 5.82. The molecule has 1 amide bonds. The third-order valence-corrected chi connectivity index (χ3v) is 3.21. The van der Waals surface area contributed by atoms with E-state index in [-0.39, 0.29) is 23.9 Å². The highest BCUT2D eigenvalue weighted by Gasteiger charge is 2.28. The van der Waals surface area contributed by atoms with Gasteiger partial charge >= 0.3 is 5.97 Å². The second kappa shape index (κ2) is 5.84. The summed E-state index contributed by atoms with van der Waals surface area (Å²) in [6.07, 6.45) is 3.79. The predicted molar refractivity (Wildman–Crippen MR) is 59.8 cm³/mol. The summed E-state index contributed by atoms with van der Waals surface area (Å²) >= 11 is 0. The van der Waals surface area contributed by atoms with Crippen LogP contribution in [0.5, 0.6) is 0 Å². The van der Waals surface area contributed by atoms with Crippen LogP contribution in [0, 0.1) is 5.92 Å². The highest BCUT2D eigenvalue weighted by Crippen LogP contribution is 2.24. The lowest BCUT2D eigenvalue weighted by Crippen LogP contribution is -2.48. The van der Waals surface area contributed by atoms with Crippen molar-refractivity contribution in [2.75, 3.05) is 0 Å². The van der Waals surface area contributed by atoms with Crippen molar-refractivity contribution >= 4 is 11.9 Å². The van der Waals surface area contributed by atoms with Crippen LogP contribution in [0.2, 0.25) is 0 Å². The number of hydrogen-bond acceptors (Lipinski definition) is 3. The smallest absolute Gasteiger partial charge is 0.306 e. The van der Waals surface area contributed by atoms with Gasteiger partial charge in [0.1, 0.15) is 0 Å². The lowest BCUT2D eigenvalue weighted by molar-refractivity contribution is -0.143. The lowest BCUT2D eigenvalue weighted by Gasteiger charge is -2.29. The van der Waals surface area contributed by atoms with Crippen molar-refractivity contribution in [2.45, 2.75) is 51.1 Å². The number of aliphatic carboxylic acids is 1. The monoisotopic (exact) mass is 228 g/mol. The van der Waals surface area contributed by atoms with Gasteiger partial charge in [0, 0.05) is 6.04 Å². The maximum absolute atomic E-state index is 11.1. The molecule has 3 atom stereocenters. The number of carbonyl (C=O) groups excluding carboxylic acids is 1. The van der Waals surface area contributed by atoms with E-state index in [1.54, 1.807) is 0 Å². The van der Waals surface area contributed by atoms with Crippen LogP contribution in [0.1, 0.15) is 39.0 Å². The molecule has 0 aromatic carbocycles. The molecule has 5 nitrogen and oxygen atoms in total. The van der Waals surface area contributed by atoms with Crippen molar-refractivity contribution in [2.24, 2.45) is 11.7 Å². The molecule has 3 unspecified atom stereocenters. The molecule has 16 heavy (non-hydrogen) atoms. The molecule has 0 aliphatic heterocycles. The maximum atomic E-state index is 11.1. The molecular weight excluding hydrogens is 208 g/mol. The van der Waals surface area contributed by atoms with E-state index in [0.717, 1.165) is 19.3 Å². The number of hydrogen-bond donors (Lipinski definition) is 3. The van der Waals surface area contributed by atoms with Crippen LogP contribution in [-0.4, -0.2) is 29.1 Å². The molecule has 1 fully saturated rings. The van der Waals surface area contributed by atoms with Gasteiger partial charge in [-0.15, -0.1) is 0 Å². The van der Waals surface area contributed by atoms with E-state index in [1.165, 1.54) is 0 Å². The number of primary amides is 1. The van der Waals surface area contributed by atoms with Crippen molar-refractivity contribution in [1.82, 2.24) is 5.32 Å². The molecule has 1 rings (SSSR count). The molecule has 0 heterocycles. The molecule has 0 bridgehead atoms. The number of carbonyl (C=O) groups is 2. The summed E-state index contributed by atoms with van der Waals surface area (Å²) < 4.78 is 0. The van der Waals surface area contributed by atoms with Crippen LogP contribution in [-0.2, 0) is 9.59 Å². The van der Waals surface area contributed by atoms with Gasteiger partial charge < -0.3 is 16.2 Å².